The number of piperidine rings is 1. The van der Waals surface area contributed by atoms with E-state index in [1.165, 1.54) is 16.4 Å². The van der Waals surface area contributed by atoms with Gasteiger partial charge < -0.3 is 20.5 Å². The van der Waals surface area contributed by atoms with Crippen LogP contribution in [0.3, 0.4) is 0 Å². The van der Waals surface area contributed by atoms with E-state index in [1.54, 1.807) is 6.07 Å². The van der Waals surface area contributed by atoms with Gasteiger partial charge in [-0.25, -0.2) is 8.42 Å². The zero-order chi connectivity index (χ0) is 22.0. The lowest BCUT2D eigenvalue weighted by Crippen LogP contribution is -2.52. The first-order chi connectivity index (χ1) is 14.8. The summed E-state index contributed by atoms with van der Waals surface area (Å²) in [6.45, 7) is 2.63. The van der Waals surface area contributed by atoms with Gasteiger partial charge in [-0.05, 0) is 37.8 Å². The molecule has 170 valence electrons. The van der Waals surface area contributed by atoms with Crippen molar-refractivity contribution < 1.29 is 27.5 Å². The lowest BCUT2D eigenvalue weighted by Gasteiger charge is -2.33. The quantitative estimate of drug-likeness (QED) is 0.605. The van der Waals surface area contributed by atoms with Gasteiger partial charge in [0.25, 0.3) is 0 Å². The van der Waals surface area contributed by atoms with Crippen LogP contribution < -0.4 is 20.5 Å². The van der Waals surface area contributed by atoms with Crippen LogP contribution in [0.2, 0.25) is 0 Å². The number of hydrogen-bond donors (Lipinski definition) is 2. The number of carbonyl (C=O) groups excluding carboxylic acids is 2. The number of carbonyl (C=O) groups is 2. The second-order valence-electron chi connectivity index (χ2n) is 8.10. The maximum atomic E-state index is 13.3. The Hall–Kier alpha value is -2.37. The fourth-order valence-electron chi connectivity index (χ4n) is 4.36. The Morgan fingerprint density at radius 2 is 1.77 bits per heavy atom. The van der Waals surface area contributed by atoms with Crippen LogP contribution in [-0.4, -0.2) is 80.9 Å². The normalized spacial score (nSPS) is 22.9. The second-order valence-corrected chi connectivity index (χ2v) is 10.00. The van der Waals surface area contributed by atoms with Gasteiger partial charge in [-0.2, -0.15) is 4.31 Å². The molecule has 31 heavy (non-hydrogen) atoms. The summed E-state index contributed by atoms with van der Waals surface area (Å²) < 4.78 is 38.8. The Labute approximate surface area is 181 Å². The lowest BCUT2D eigenvalue weighted by molar-refractivity contribution is -0.125. The van der Waals surface area contributed by atoms with E-state index in [2.05, 4.69) is 5.32 Å². The molecule has 0 radical (unpaired) electrons. The van der Waals surface area contributed by atoms with Crippen molar-refractivity contribution in [1.82, 2.24) is 14.5 Å². The largest absolute Gasteiger partial charge is 0.486 e. The number of nitrogens with two attached hydrogens (primary N) is 1. The monoisotopic (exact) mass is 452 g/mol. The number of amides is 2. The van der Waals surface area contributed by atoms with Crippen molar-refractivity contribution in [2.45, 2.75) is 42.7 Å². The molecule has 0 aromatic heterocycles. The van der Waals surface area contributed by atoms with Gasteiger partial charge in [0.15, 0.2) is 11.5 Å². The van der Waals surface area contributed by atoms with Gasteiger partial charge in [0.05, 0.1) is 11.4 Å². The van der Waals surface area contributed by atoms with Crippen LogP contribution in [0, 0.1) is 0 Å². The number of likely N-dealkylation sites (tertiary alicyclic amines) is 1. The van der Waals surface area contributed by atoms with Crippen molar-refractivity contribution >= 4 is 21.8 Å². The smallest absolute Gasteiger partial charge is 0.243 e. The number of nitrogens with one attached hydrogen (secondary N) is 1. The number of fused-ring (bicyclic) bond motifs is 1. The first-order valence-electron chi connectivity index (χ1n) is 10.6. The van der Waals surface area contributed by atoms with Gasteiger partial charge in [-0.1, -0.05) is 0 Å². The highest BCUT2D eigenvalue weighted by molar-refractivity contribution is 7.89. The average Bonchev–Trinajstić information content (AvgIpc) is 3.25. The zero-order valence-corrected chi connectivity index (χ0v) is 18.1. The minimum Gasteiger partial charge on any atom is -0.486 e. The molecule has 10 nitrogen and oxygen atoms in total. The van der Waals surface area contributed by atoms with E-state index >= 15 is 0 Å². The molecular formula is C20H28N4O6S. The van der Waals surface area contributed by atoms with E-state index in [0.717, 1.165) is 0 Å². The number of ether oxygens (including phenoxy) is 2. The molecule has 11 heteroatoms. The third kappa shape index (κ3) is 4.78. The molecule has 1 atom stereocenters. The van der Waals surface area contributed by atoms with Crippen molar-refractivity contribution in [3.63, 3.8) is 0 Å². The maximum absolute atomic E-state index is 13.3. The summed E-state index contributed by atoms with van der Waals surface area (Å²) >= 11 is 0. The minimum absolute atomic E-state index is 0.0453. The van der Waals surface area contributed by atoms with Crippen molar-refractivity contribution in [2.75, 3.05) is 39.4 Å². The van der Waals surface area contributed by atoms with Crippen LogP contribution >= 0.6 is 0 Å². The first-order valence-corrected chi connectivity index (χ1v) is 12.0. The number of nitrogens with zero attached hydrogens (tertiary/aromatic N) is 2. The molecule has 1 aromatic rings. The molecule has 0 spiro atoms. The van der Waals surface area contributed by atoms with Crippen molar-refractivity contribution in [2.24, 2.45) is 5.73 Å². The van der Waals surface area contributed by atoms with Crippen LogP contribution in [-0.2, 0) is 19.6 Å². The fourth-order valence-corrected chi connectivity index (χ4v) is 6.03. The summed E-state index contributed by atoms with van der Waals surface area (Å²) in [5, 5.41) is 3.01. The van der Waals surface area contributed by atoms with Gasteiger partial charge >= 0.3 is 0 Å². The summed E-state index contributed by atoms with van der Waals surface area (Å²) in [7, 11) is -3.85. The summed E-state index contributed by atoms with van der Waals surface area (Å²) in [5.41, 5.74) is 5.24. The van der Waals surface area contributed by atoms with Crippen LogP contribution in [0.25, 0.3) is 0 Å². The number of rotatable bonds is 6. The van der Waals surface area contributed by atoms with E-state index < -0.39 is 16.1 Å². The van der Waals surface area contributed by atoms with Crippen LogP contribution in [0.4, 0.5) is 0 Å². The highest BCUT2D eigenvalue weighted by atomic mass is 32.2. The molecule has 2 amide bonds. The minimum atomic E-state index is -3.85. The number of primary amides is 1. The van der Waals surface area contributed by atoms with Crippen molar-refractivity contribution in [3.8, 4) is 11.5 Å². The lowest BCUT2D eigenvalue weighted by atomic mass is 10.0. The van der Waals surface area contributed by atoms with Crippen LogP contribution in [0.15, 0.2) is 23.1 Å². The summed E-state index contributed by atoms with van der Waals surface area (Å²) in [6, 6.07) is 3.76. The van der Waals surface area contributed by atoms with Crippen molar-refractivity contribution in [3.05, 3.63) is 18.2 Å². The fraction of sp³-hybridized carbons (Fsp3) is 0.600. The molecule has 2 fully saturated rings. The van der Waals surface area contributed by atoms with E-state index in [1.807, 2.05) is 4.90 Å². The molecule has 0 saturated carbocycles. The number of benzene rings is 1. The molecule has 4 rings (SSSR count). The predicted octanol–water partition coefficient (Wildman–Crippen LogP) is -0.323. The Bertz CT molecular complexity index is 945. The molecule has 3 aliphatic heterocycles. The predicted molar refractivity (Wildman–Crippen MR) is 111 cm³/mol. The van der Waals surface area contributed by atoms with E-state index in [9.17, 15) is 18.0 Å². The molecular weight excluding hydrogens is 424 g/mol. The second kappa shape index (κ2) is 9.01. The molecule has 0 bridgehead atoms. The Morgan fingerprint density at radius 3 is 2.48 bits per heavy atom. The number of sulfonamides is 1. The third-order valence-corrected chi connectivity index (χ3v) is 7.84. The SMILES string of the molecule is NC(=O)CN1CCC(NC(=O)C2CCCN2S(=O)(=O)c2ccc3c(c2)OCCO3)CC1. The average molecular weight is 453 g/mol. The molecule has 0 aliphatic carbocycles. The highest BCUT2D eigenvalue weighted by Gasteiger charge is 2.40. The van der Waals surface area contributed by atoms with Crippen molar-refractivity contribution in [1.29, 1.82) is 0 Å². The van der Waals surface area contributed by atoms with Gasteiger partial charge in [-0.15, -0.1) is 0 Å². The van der Waals surface area contributed by atoms with E-state index in [0.29, 0.717) is 70.0 Å². The maximum Gasteiger partial charge on any atom is 0.243 e. The number of hydrogen-bond acceptors (Lipinski definition) is 7. The standard InChI is InChI=1S/C20H28N4O6S/c21-19(25)13-23-8-5-14(6-9-23)22-20(26)16-2-1-7-24(16)31(27,28)15-3-4-17-18(12-15)30-11-10-29-17/h3-4,12,14,16H,1-2,5-11,13H2,(H2,21,25)(H,22,26). The van der Waals surface area contributed by atoms with Gasteiger partial charge in [0.2, 0.25) is 21.8 Å². The highest BCUT2D eigenvalue weighted by Crippen LogP contribution is 2.34. The molecule has 3 aliphatic rings. The Kier molecular flexibility index (Phi) is 6.35. The molecule has 1 unspecified atom stereocenters. The molecule has 3 heterocycles. The Morgan fingerprint density at radius 1 is 1.06 bits per heavy atom. The third-order valence-electron chi connectivity index (χ3n) is 5.94. The summed E-state index contributed by atoms with van der Waals surface area (Å²) in [5.74, 6) is 0.277. The van der Waals surface area contributed by atoms with Crippen LogP contribution in [0.5, 0.6) is 11.5 Å². The topological polar surface area (TPSA) is 131 Å². The Balaban J connectivity index is 1.41. The first kappa shape index (κ1) is 21.8. The summed E-state index contributed by atoms with van der Waals surface area (Å²) in [6.07, 6.45) is 2.50. The molecule has 2 saturated heterocycles. The van der Waals surface area contributed by atoms with E-state index in [4.69, 9.17) is 15.2 Å². The van der Waals surface area contributed by atoms with Gasteiger partial charge in [-0.3, -0.25) is 14.5 Å². The van der Waals surface area contributed by atoms with Gasteiger partial charge in [0.1, 0.15) is 19.3 Å². The van der Waals surface area contributed by atoms with Gasteiger partial charge in [0, 0.05) is 31.7 Å². The van der Waals surface area contributed by atoms with E-state index in [-0.39, 0.29) is 29.3 Å². The van der Waals surface area contributed by atoms with Crippen LogP contribution in [0.1, 0.15) is 25.7 Å². The zero-order valence-electron chi connectivity index (χ0n) is 17.3. The molecule has 3 N–H and O–H groups in total. The molecule has 1 aromatic carbocycles. The summed E-state index contributed by atoms with van der Waals surface area (Å²) in [4.78, 5) is 26.1.